The molecule has 0 saturated heterocycles. The maximum absolute atomic E-state index is 12.0. The third-order valence-corrected chi connectivity index (χ3v) is 2.99. The molecule has 0 bridgehead atoms. The number of hydrogen-bond acceptors (Lipinski definition) is 3. The average molecular weight is 259 g/mol. The minimum atomic E-state index is -0.184. The molecule has 1 unspecified atom stereocenters. The molecule has 5 nitrogen and oxygen atoms in total. The molecule has 0 fully saturated rings. The van der Waals surface area contributed by atoms with E-state index in [1.807, 2.05) is 31.2 Å². The normalized spacial score (nSPS) is 11.9. The summed E-state index contributed by atoms with van der Waals surface area (Å²) in [4.78, 5) is 16.0. The molecular weight excluding hydrogens is 242 g/mol. The lowest BCUT2D eigenvalue weighted by atomic mass is 10.1. The van der Waals surface area contributed by atoms with Crippen LogP contribution in [0, 0.1) is 0 Å². The predicted molar refractivity (Wildman–Crippen MR) is 72.1 cm³/mol. The SMILES string of the molecule is COc1ccc(C(C)NC(=O)c2nccn2C)cc1. The molecule has 1 amide bonds. The number of nitrogens with one attached hydrogen (secondary N) is 1. The fraction of sp³-hybridized carbons (Fsp3) is 0.286. The summed E-state index contributed by atoms with van der Waals surface area (Å²) in [6.07, 6.45) is 3.35. The lowest BCUT2D eigenvalue weighted by Gasteiger charge is -2.14. The Hall–Kier alpha value is -2.30. The fourth-order valence-corrected chi connectivity index (χ4v) is 1.82. The smallest absolute Gasteiger partial charge is 0.287 e. The first-order chi connectivity index (χ1) is 9.11. The molecule has 0 spiro atoms. The Morgan fingerprint density at radius 2 is 2.05 bits per heavy atom. The van der Waals surface area contributed by atoms with Gasteiger partial charge in [-0.05, 0) is 24.6 Å². The molecule has 0 aliphatic carbocycles. The van der Waals surface area contributed by atoms with E-state index in [1.54, 1.807) is 31.1 Å². The monoisotopic (exact) mass is 259 g/mol. The Kier molecular flexibility index (Phi) is 3.85. The van der Waals surface area contributed by atoms with E-state index in [-0.39, 0.29) is 11.9 Å². The van der Waals surface area contributed by atoms with Gasteiger partial charge >= 0.3 is 0 Å². The first kappa shape index (κ1) is 13.1. The number of methoxy groups -OCH3 is 1. The Morgan fingerprint density at radius 3 is 2.58 bits per heavy atom. The first-order valence-electron chi connectivity index (χ1n) is 6.04. The van der Waals surface area contributed by atoms with Gasteiger partial charge in [-0.15, -0.1) is 0 Å². The molecule has 100 valence electrons. The van der Waals surface area contributed by atoms with Crippen LogP contribution < -0.4 is 10.1 Å². The third kappa shape index (κ3) is 2.93. The quantitative estimate of drug-likeness (QED) is 0.912. The molecular formula is C14H17N3O2. The van der Waals surface area contributed by atoms with Gasteiger partial charge in [0.1, 0.15) is 5.75 Å². The van der Waals surface area contributed by atoms with Crippen molar-refractivity contribution in [3.63, 3.8) is 0 Å². The molecule has 1 N–H and O–H groups in total. The lowest BCUT2D eigenvalue weighted by molar-refractivity contribution is 0.0926. The fourth-order valence-electron chi connectivity index (χ4n) is 1.82. The lowest BCUT2D eigenvalue weighted by Crippen LogP contribution is -2.28. The van der Waals surface area contributed by atoms with Crippen molar-refractivity contribution in [1.82, 2.24) is 14.9 Å². The molecule has 5 heteroatoms. The van der Waals surface area contributed by atoms with Gasteiger partial charge in [-0.1, -0.05) is 12.1 Å². The van der Waals surface area contributed by atoms with Gasteiger partial charge in [-0.25, -0.2) is 4.98 Å². The number of aromatic nitrogens is 2. The second kappa shape index (κ2) is 5.56. The van der Waals surface area contributed by atoms with Crippen LogP contribution in [-0.4, -0.2) is 22.6 Å². The number of ether oxygens (including phenoxy) is 1. The van der Waals surface area contributed by atoms with Crippen molar-refractivity contribution >= 4 is 5.91 Å². The summed E-state index contributed by atoms with van der Waals surface area (Å²) < 4.78 is 6.79. The van der Waals surface area contributed by atoms with E-state index in [0.717, 1.165) is 11.3 Å². The van der Waals surface area contributed by atoms with Crippen LogP contribution >= 0.6 is 0 Å². The van der Waals surface area contributed by atoms with Crippen molar-refractivity contribution in [2.75, 3.05) is 7.11 Å². The summed E-state index contributed by atoms with van der Waals surface area (Å²) in [5.74, 6) is 1.02. The van der Waals surface area contributed by atoms with Gasteiger partial charge in [0.15, 0.2) is 5.82 Å². The summed E-state index contributed by atoms with van der Waals surface area (Å²) in [5.41, 5.74) is 1.02. The molecule has 1 aromatic heterocycles. The first-order valence-corrected chi connectivity index (χ1v) is 6.04. The van der Waals surface area contributed by atoms with Gasteiger partial charge in [-0.3, -0.25) is 4.79 Å². The van der Waals surface area contributed by atoms with E-state index in [2.05, 4.69) is 10.3 Å². The van der Waals surface area contributed by atoms with Crippen LogP contribution in [0.15, 0.2) is 36.7 Å². The molecule has 2 rings (SSSR count). The van der Waals surface area contributed by atoms with Crippen molar-refractivity contribution < 1.29 is 9.53 Å². The summed E-state index contributed by atoms with van der Waals surface area (Å²) in [7, 11) is 3.42. The Labute approximate surface area is 112 Å². The van der Waals surface area contributed by atoms with E-state index in [9.17, 15) is 4.79 Å². The number of amides is 1. The number of imidazole rings is 1. The Morgan fingerprint density at radius 1 is 1.37 bits per heavy atom. The van der Waals surface area contributed by atoms with Crippen LogP contribution in [-0.2, 0) is 7.05 Å². The third-order valence-electron chi connectivity index (χ3n) is 2.99. The van der Waals surface area contributed by atoms with E-state index < -0.39 is 0 Å². The number of nitrogens with zero attached hydrogens (tertiary/aromatic N) is 2. The van der Waals surface area contributed by atoms with Gasteiger partial charge in [-0.2, -0.15) is 0 Å². The highest BCUT2D eigenvalue weighted by Gasteiger charge is 2.14. The maximum Gasteiger partial charge on any atom is 0.287 e. The van der Waals surface area contributed by atoms with E-state index in [1.165, 1.54) is 0 Å². The Bertz CT molecular complexity index is 560. The highest BCUT2D eigenvalue weighted by Crippen LogP contribution is 2.17. The summed E-state index contributed by atoms with van der Waals surface area (Å²) >= 11 is 0. The van der Waals surface area contributed by atoms with Gasteiger partial charge in [0.25, 0.3) is 5.91 Å². The maximum atomic E-state index is 12.0. The number of carbonyl (C=O) groups is 1. The topological polar surface area (TPSA) is 56.1 Å². The molecule has 19 heavy (non-hydrogen) atoms. The van der Waals surface area contributed by atoms with Crippen LogP contribution in [0.5, 0.6) is 5.75 Å². The van der Waals surface area contributed by atoms with Gasteiger partial charge in [0.05, 0.1) is 13.2 Å². The van der Waals surface area contributed by atoms with Crippen LogP contribution in [0.2, 0.25) is 0 Å². The molecule has 1 atom stereocenters. The highest BCUT2D eigenvalue weighted by atomic mass is 16.5. The van der Waals surface area contributed by atoms with Crippen LogP contribution in [0.3, 0.4) is 0 Å². The van der Waals surface area contributed by atoms with E-state index in [4.69, 9.17) is 4.74 Å². The van der Waals surface area contributed by atoms with Crippen LogP contribution in [0.1, 0.15) is 29.1 Å². The average Bonchev–Trinajstić information content (AvgIpc) is 2.85. The van der Waals surface area contributed by atoms with Crippen molar-refractivity contribution in [2.24, 2.45) is 7.05 Å². The van der Waals surface area contributed by atoms with Crippen molar-refractivity contribution in [3.8, 4) is 5.75 Å². The second-order valence-electron chi connectivity index (χ2n) is 4.33. The van der Waals surface area contributed by atoms with Crippen LogP contribution in [0.4, 0.5) is 0 Å². The minimum absolute atomic E-state index is 0.0879. The largest absolute Gasteiger partial charge is 0.497 e. The van der Waals surface area contributed by atoms with Crippen molar-refractivity contribution in [1.29, 1.82) is 0 Å². The zero-order valence-electron chi connectivity index (χ0n) is 11.3. The number of hydrogen-bond donors (Lipinski definition) is 1. The van der Waals surface area contributed by atoms with E-state index >= 15 is 0 Å². The molecule has 1 aromatic carbocycles. The van der Waals surface area contributed by atoms with Crippen molar-refractivity contribution in [3.05, 3.63) is 48.0 Å². The van der Waals surface area contributed by atoms with Crippen molar-refractivity contribution in [2.45, 2.75) is 13.0 Å². The highest BCUT2D eigenvalue weighted by molar-refractivity contribution is 5.91. The zero-order chi connectivity index (χ0) is 13.8. The molecule has 0 saturated carbocycles. The number of aryl methyl sites for hydroxylation is 1. The van der Waals surface area contributed by atoms with Crippen LogP contribution in [0.25, 0.3) is 0 Å². The minimum Gasteiger partial charge on any atom is -0.497 e. The second-order valence-corrected chi connectivity index (χ2v) is 4.33. The molecule has 0 aliphatic heterocycles. The predicted octanol–water partition coefficient (Wildman–Crippen LogP) is 1.92. The zero-order valence-corrected chi connectivity index (χ0v) is 11.3. The number of carbonyl (C=O) groups excluding carboxylic acids is 1. The number of benzene rings is 1. The van der Waals surface area contributed by atoms with Gasteiger partial charge in [0.2, 0.25) is 0 Å². The molecule has 0 radical (unpaired) electrons. The van der Waals surface area contributed by atoms with Gasteiger partial charge in [0, 0.05) is 19.4 Å². The Balaban J connectivity index is 2.06. The summed E-state index contributed by atoms with van der Waals surface area (Å²) in [6, 6.07) is 7.53. The summed E-state index contributed by atoms with van der Waals surface area (Å²) in [6.45, 7) is 1.93. The molecule has 2 aromatic rings. The van der Waals surface area contributed by atoms with Gasteiger partial charge < -0.3 is 14.6 Å². The van der Waals surface area contributed by atoms with E-state index in [0.29, 0.717) is 5.82 Å². The summed E-state index contributed by atoms with van der Waals surface area (Å²) in [5, 5.41) is 2.91. The standard InChI is InChI=1S/C14H17N3O2/c1-10(11-4-6-12(19-3)7-5-11)16-14(18)13-15-8-9-17(13)2/h4-10H,1-3H3,(H,16,18). The molecule has 0 aliphatic rings. The molecule has 1 heterocycles. The number of rotatable bonds is 4.